The third kappa shape index (κ3) is 3.38. The average Bonchev–Trinajstić information content (AvgIpc) is 3.07. The summed E-state index contributed by atoms with van der Waals surface area (Å²) in [6.45, 7) is 2.44. The average molecular weight is 445 g/mol. The number of hydrogen-bond donors (Lipinski definition) is 2. The third-order valence-electron chi connectivity index (χ3n) is 5.26. The van der Waals surface area contributed by atoms with Crippen molar-refractivity contribution in [2.45, 2.75) is 38.3 Å². The zero-order valence-corrected chi connectivity index (χ0v) is 17.1. The van der Waals surface area contributed by atoms with E-state index in [-0.39, 0.29) is 28.9 Å². The number of fused-ring (bicyclic) bond motifs is 1. The van der Waals surface area contributed by atoms with Crippen molar-refractivity contribution in [1.29, 1.82) is 0 Å². The van der Waals surface area contributed by atoms with E-state index < -0.39 is 5.97 Å². The number of H-pyrrole nitrogens is 1. The molecule has 4 rings (SSSR count). The highest BCUT2D eigenvalue weighted by molar-refractivity contribution is 9.10. The van der Waals surface area contributed by atoms with Crippen molar-refractivity contribution in [1.82, 2.24) is 19.9 Å². The molecular weight excluding hydrogens is 424 g/mol. The predicted molar refractivity (Wildman–Crippen MR) is 108 cm³/mol. The van der Waals surface area contributed by atoms with Crippen LogP contribution < -0.4 is 10.9 Å². The fraction of sp³-hybridized carbons (Fsp3) is 0.350. The quantitative estimate of drug-likeness (QED) is 0.570. The van der Waals surface area contributed by atoms with Gasteiger partial charge in [0.1, 0.15) is 5.56 Å². The van der Waals surface area contributed by atoms with Crippen LogP contribution in [0.2, 0.25) is 0 Å². The Morgan fingerprint density at radius 2 is 2.11 bits per heavy atom. The van der Waals surface area contributed by atoms with Crippen LogP contribution in [0, 0.1) is 0 Å². The highest BCUT2D eigenvalue weighted by Gasteiger charge is 2.38. The van der Waals surface area contributed by atoms with Crippen LogP contribution in [0.3, 0.4) is 0 Å². The number of aromatic nitrogens is 3. The molecule has 8 heteroatoms. The molecule has 1 saturated carbocycles. The largest absolute Gasteiger partial charge is 0.462 e. The van der Waals surface area contributed by atoms with E-state index in [9.17, 15) is 9.59 Å². The Hall–Kier alpha value is -2.45. The number of carbonyl (C=O) groups is 1. The molecule has 0 bridgehead atoms. The molecule has 2 heterocycles. The predicted octanol–water partition coefficient (Wildman–Crippen LogP) is 3.13. The van der Waals surface area contributed by atoms with Gasteiger partial charge < -0.3 is 10.1 Å². The summed E-state index contributed by atoms with van der Waals surface area (Å²) in [5, 5.41) is 6.36. The molecule has 0 saturated heterocycles. The summed E-state index contributed by atoms with van der Waals surface area (Å²) in [6, 6.07) is 9.80. The topological polar surface area (TPSA) is 88.5 Å². The van der Waals surface area contributed by atoms with Crippen LogP contribution in [0.25, 0.3) is 5.65 Å². The lowest BCUT2D eigenvalue weighted by Gasteiger charge is -2.43. The Morgan fingerprint density at radius 1 is 1.36 bits per heavy atom. The summed E-state index contributed by atoms with van der Waals surface area (Å²) in [5.41, 5.74) is 2.01. The number of carbonyl (C=O) groups excluding carboxylic acids is 1. The molecule has 1 aliphatic rings. The zero-order chi connectivity index (χ0) is 19.7. The van der Waals surface area contributed by atoms with Gasteiger partial charge in [-0.2, -0.15) is 0 Å². The number of nitrogens with zero attached hydrogens (tertiary/aromatic N) is 2. The van der Waals surface area contributed by atoms with Gasteiger partial charge in [0, 0.05) is 28.8 Å². The van der Waals surface area contributed by atoms with Crippen molar-refractivity contribution in [2.24, 2.45) is 0 Å². The van der Waals surface area contributed by atoms with Crippen molar-refractivity contribution in [3.05, 3.63) is 68.2 Å². The van der Waals surface area contributed by atoms with Crippen LogP contribution in [0.5, 0.6) is 0 Å². The minimum Gasteiger partial charge on any atom is -0.462 e. The first kappa shape index (κ1) is 18.9. The van der Waals surface area contributed by atoms with Crippen molar-refractivity contribution >= 4 is 27.5 Å². The number of aromatic amines is 1. The lowest BCUT2D eigenvalue weighted by Crippen LogP contribution is -2.47. The molecule has 0 amide bonds. The summed E-state index contributed by atoms with van der Waals surface area (Å²) in [6.07, 6.45) is 4.68. The van der Waals surface area contributed by atoms with Gasteiger partial charge in [-0.15, -0.1) is 0 Å². The van der Waals surface area contributed by atoms with E-state index in [1.165, 1.54) is 22.3 Å². The van der Waals surface area contributed by atoms with Crippen molar-refractivity contribution in [3.63, 3.8) is 0 Å². The Morgan fingerprint density at radius 3 is 2.75 bits per heavy atom. The van der Waals surface area contributed by atoms with E-state index >= 15 is 0 Å². The van der Waals surface area contributed by atoms with Crippen molar-refractivity contribution in [2.75, 3.05) is 6.61 Å². The first-order chi connectivity index (χ1) is 13.5. The van der Waals surface area contributed by atoms with E-state index in [4.69, 9.17) is 4.74 Å². The minimum absolute atomic E-state index is 0.102. The summed E-state index contributed by atoms with van der Waals surface area (Å²) in [7, 11) is 0. The van der Waals surface area contributed by atoms with Gasteiger partial charge in [0.25, 0.3) is 5.56 Å². The van der Waals surface area contributed by atoms with E-state index in [0.717, 1.165) is 23.7 Å². The SMILES string of the molecule is CCOC(=O)c1c[nH]n2c(=O)cc(CNC3(c4ccc(Br)cc4)CCC3)nc12. The van der Waals surface area contributed by atoms with Crippen LogP contribution in [0.15, 0.2) is 45.8 Å². The van der Waals surface area contributed by atoms with E-state index in [1.54, 1.807) is 6.92 Å². The lowest BCUT2D eigenvalue weighted by molar-refractivity contribution is 0.0528. The number of benzene rings is 1. The maximum atomic E-state index is 12.4. The van der Waals surface area contributed by atoms with Crippen molar-refractivity contribution < 1.29 is 9.53 Å². The van der Waals surface area contributed by atoms with Gasteiger partial charge in [-0.1, -0.05) is 28.1 Å². The molecule has 2 N–H and O–H groups in total. The molecule has 0 spiro atoms. The van der Waals surface area contributed by atoms with Crippen LogP contribution >= 0.6 is 15.9 Å². The smallest absolute Gasteiger partial charge is 0.343 e. The second-order valence-corrected chi connectivity index (χ2v) is 7.86. The second-order valence-electron chi connectivity index (χ2n) is 6.95. The zero-order valence-electron chi connectivity index (χ0n) is 15.5. The molecule has 1 aromatic carbocycles. The molecule has 7 nitrogen and oxygen atoms in total. The number of ether oxygens (including phenoxy) is 1. The molecule has 28 heavy (non-hydrogen) atoms. The third-order valence-corrected chi connectivity index (χ3v) is 5.79. The number of esters is 1. The molecule has 2 aromatic heterocycles. The molecule has 0 radical (unpaired) electrons. The van der Waals surface area contributed by atoms with Gasteiger partial charge in [0.05, 0.1) is 12.3 Å². The van der Waals surface area contributed by atoms with Crippen LogP contribution in [0.1, 0.15) is 47.8 Å². The Labute approximate surface area is 170 Å². The standard InChI is InChI=1S/C20H21BrN4O3/c1-2-28-19(27)16-12-23-25-17(26)10-15(24-18(16)25)11-22-20(8-3-9-20)13-4-6-14(21)7-5-13/h4-7,10,12,22-23H,2-3,8-9,11H2,1H3. The molecule has 0 atom stereocenters. The van der Waals surface area contributed by atoms with Gasteiger partial charge in [-0.05, 0) is 43.9 Å². The molecule has 3 aromatic rings. The lowest BCUT2D eigenvalue weighted by atomic mass is 9.72. The molecular formula is C20H21BrN4O3. The fourth-order valence-electron chi connectivity index (χ4n) is 3.60. The number of hydrogen-bond acceptors (Lipinski definition) is 5. The summed E-state index contributed by atoms with van der Waals surface area (Å²) in [4.78, 5) is 29.1. The summed E-state index contributed by atoms with van der Waals surface area (Å²) in [5.74, 6) is -0.497. The van der Waals surface area contributed by atoms with Crippen LogP contribution in [0.4, 0.5) is 0 Å². The first-order valence-corrected chi connectivity index (χ1v) is 10.1. The monoisotopic (exact) mass is 444 g/mol. The molecule has 146 valence electrons. The first-order valence-electron chi connectivity index (χ1n) is 9.31. The minimum atomic E-state index is -0.497. The molecule has 0 aliphatic heterocycles. The van der Waals surface area contributed by atoms with E-state index in [1.807, 2.05) is 12.1 Å². The molecule has 1 aliphatic carbocycles. The maximum Gasteiger partial charge on any atom is 0.343 e. The van der Waals surface area contributed by atoms with Gasteiger partial charge >= 0.3 is 5.97 Å². The Balaban J connectivity index is 1.61. The van der Waals surface area contributed by atoms with Crippen LogP contribution in [-0.4, -0.2) is 27.2 Å². The van der Waals surface area contributed by atoms with E-state index in [2.05, 4.69) is 43.5 Å². The highest BCUT2D eigenvalue weighted by Crippen LogP contribution is 2.41. The Kier molecular flexibility index (Phi) is 5.07. The summed E-state index contributed by atoms with van der Waals surface area (Å²) >= 11 is 3.48. The second kappa shape index (κ2) is 7.52. The van der Waals surface area contributed by atoms with E-state index in [0.29, 0.717) is 12.2 Å². The number of rotatable bonds is 6. The highest BCUT2D eigenvalue weighted by atomic mass is 79.9. The molecule has 0 unspecified atom stereocenters. The Bertz CT molecular complexity index is 1070. The molecule has 1 fully saturated rings. The normalized spacial score (nSPS) is 15.4. The maximum absolute atomic E-state index is 12.4. The van der Waals surface area contributed by atoms with Gasteiger partial charge in [-0.3, -0.25) is 9.89 Å². The van der Waals surface area contributed by atoms with Gasteiger partial charge in [-0.25, -0.2) is 14.3 Å². The fourth-order valence-corrected chi connectivity index (χ4v) is 3.87. The number of halogens is 1. The van der Waals surface area contributed by atoms with Crippen LogP contribution in [-0.2, 0) is 16.8 Å². The van der Waals surface area contributed by atoms with Gasteiger partial charge in [0.2, 0.25) is 0 Å². The summed E-state index contributed by atoms with van der Waals surface area (Å²) < 4.78 is 7.35. The van der Waals surface area contributed by atoms with Crippen molar-refractivity contribution in [3.8, 4) is 0 Å². The number of nitrogens with one attached hydrogen (secondary N) is 2. The van der Waals surface area contributed by atoms with Gasteiger partial charge in [0.15, 0.2) is 5.65 Å².